The van der Waals surface area contributed by atoms with Gasteiger partial charge in [-0.05, 0) is 138 Å². The van der Waals surface area contributed by atoms with Crippen molar-refractivity contribution in [2.45, 2.75) is 87.5 Å². The highest BCUT2D eigenvalue weighted by atomic mass is 35.5. The number of hydrogen-bond acceptors (Lipinski definition) is 18. The molecule has 18 nitrogen and oxygen atoms in total. The molecule has 0 spiro atoms. The van der Waals surface area contributed by atoms with Crippen LogP contribution < -0.4 is 4.74 Å². The molecule has 1 aliphatic rings. The van der Waals surface area contributed by atoms with Crippen molar-refractivity contribution < 1.29 is 55.1 Å². The van der Waals surface area contributed by atoms with E-state index in [-0.39, 0.29) is 56.1 Å². The number of nitrogens with zero attached hydrogens (tertiary/aromatic N) is 5. The summed E-state index contributed by atoms with van der Waals surface area (Å²) in [5.41, 5.74) is 8.35. The lowest BCUT2D eigenvalue weighted by Crippen LogP contribution is -2.38. The summed E-state index contributed by atoms with van der Waals surface area (Å²) in [6.45, 7) is 7.66. The first-order chi connectivity index (χ1) is 47.9. The van der Waals surface area contributed by atoms with Gasteiger partial charge in [0.1, 0.15) is 19.0 Å². The number of hydrogen-bond donors (Lipinski definition) is 0. The summed E-state index contributed by atoms with van der Waals surface area (Å²) >= 11 is 5.94. The number of likely N-dealkylation sites (N-methyl/N-ethyl adjacent to an activating group) is 4. The molecule has 1 aliphatic carbocycles. The Morgan fingerprint density at radius 1 is 0.465 bits per heavy atom. The van der Waals surface area contributed by atoms with Gasteiger partial charge in [0.25, 0.3) is 40.5 Å². The zero-order chi connectivity index (χ0) is 74.9. The van der Waals surface area contributed by atoms with Crippen LogP contribution in [0.4, 0.5) is 0 Å². The third kappa shape index (κ3) is 37.4. The molecule has 0 bridgehead atoms. The Hall–Kier alpha value is -7.35. The summed E-state index contributed by atoms with van der Waals surface area (Å²) in [7, 11) is -6.29. The van der Waals surface area contributed by atoms with Gasteiger partial charge in [0.2, 0.25) is 0 Å². The Morgan fingerprint density at radius 3 is 1.33 bits per heavy atom. The largest absolute Gasteiger partial charge is 0.491 e. The minimum atomic E-state index is -3.79. The van der Waals surface area contributed by atoms with Crippen molar-refractivity contribution in [2.75, 3.05) is 125 Å². The number of fused-ring (bicyclic) bond motifs is 1. The highest BCUT2D eigenvalue weighted by Gasteiger charge is 2.28. The molecule has 0 saturated heterocycles. The van der Waals surface area contributed by atoms with E-state index in [1.807, 2.05) is 160 Å². The molecule has 0 saturated carbocycles. The van der Waals surface area contributed by atoms with Crippen LogP contribution in [-0.4, -0.2) is 207 Å². The van der Waals surface area contributed by atoms with Gasteiger partial charge < -0.3 is 4.74 Å². The van der Waals surface area contributed by atoms with Gasteiger partial charge in [-0.3, -0.25) is 41.2 Å². The van der Waals surface area contributed by atoms with Crippen LogP contribution in [0.15, 0.2) is 169 Å². The summed E-state index contributed by atoms with van der Waals surface area (Å²) in [6.07, 6.45) is 35.1. The average molecular weight is 1480 g/mol. The Kier molecular flexibility index (Phi) is 40.9. The average Bonchev–Trinajstić information content (AvgIpc) is 1.68. The van der Waals surface area contributed by atoms with Crippen molar-refractivity contribution in [3.63, 3.8) is 0 Å². The molecule has 5 atom stereocenters. The van der Waals surface area contributed by atoms with E-state index in [1.54, 1.807) is 24.3 Å². The molecule has 23 heteroatoms. The van der Waals surface area contributed by atoms with Gasteiger partial charge in [-0.1, -0.05) is 175 Å². The molecule has 546 valence electrons. The van der Waals surface area contributed by atoms with Gasteiger partial charge in [0, 0.05) is 42.6 Å². The molecule has 0 aromatic heterocycles. The maximum Gasteiger partial charge on any atom is 0.297 e. The zero-order valence-electron chi connectivity index (χ0n) is 59.6. The lowest BCUT2D eigenvalue weighted by atomic mass is 10.1. The number of rotatable bonds is 35. The lowest BCUT2D eigenvalue weighted by molar-refractivity contribution is 0.177. The first kappa shape index (κ1) is 87.9. The summed E-state index contributed by atoms with van der Waals surface area (Å²) in [5.74, 6) is 14.3. The molecule has 0 amide bonds. The van der Waals surface area contributed by atoms with E-state index < -0.39 is 40.5 Å². The summed E-state index contributed by atoms with van der Waals surface area (Å²) < 4.78 is 116. The number of benzene rings is 6. The fourth-order valence-corrected chi connectivity index (χ4v) is 12.6. The zero-order valence-corrected chi connectivity index (χ0v) is 63.7. The van der Waals surface area contributed by atoms with Crippen LogP contribution in [0.2, 0.25) is 0 Å². The van der Waals surface area contributed by atoms with Crippen molar-refractivity contribution in [2.24, 2.45) is 0 Å². The van der Waals surface area contributed by atoms with Crippen molar-refractivity contribution >= 4 is 52.1 Å². The van der Waals surface area contributed by atoms with Crippen molar-refractivity contribution in [3.05, 3.63) is 203 Å². The monoisotopic (exact) mass is 1480 g/mol. The predicted octanol–water partition coefficient (Wildman–Crippen LogP) is 9.54. The summed E-state index contributed by atoms with van der Waals surface area (Å²) in [6, 6.07) is 53.4. The SMILES string of the molecule is C#CCN(C)C(C)Cc1ccc(OCCOS(C)(=O)=O)cc1.C#CCN(C)[C@H](CCl)Cc1ccccc1.C#CCN(C)[C@H](COS(=O)(=O)c1ccc(C)cc1)Cc1ccccc1.C#CCN(C)[C@H](COS(C)(=O)=O)Cc1ccccc1.C#CCN(CCOS(C)(=O)=O)C1CCc2ccccc21. The molecule has 6 aromatic rings. The van der Waals surface area contributed by atoms with Crippen LogP contribution in [0.5, 0.6) is 5.75 Å². The minimum Gasteiger partial charge on any atom is -0.491 e. The van der Waals surface area contributed by atoms with E-state index in [0.29, 0.717) is 75.8 Å². The number of ether oxygens (including phenoxy) is 1. The van der Waals surface area contributed by atoms with Crippen LogP contribution >= 0.6 is 11.6 Å². The molecule has 6 aromatic carbocycles. The molecule has 0 N–H and O–H groups in total. The second-order valence-corrected chi connectivity index (χ2v) is 31.1. The highest BCUT2D eigenvalue weighted by molar-refractivity contribution is 7.87. The molecule has 7 rings (SSSR count). The second kappa shape index (κ2) is 47.0. The van der Waals surface area contributed by atoms with Crippen molar-refractivity contribution in [1.82, 2.24) is 24.5 Å². The van der Waals surface area contributed by atoms with Gasteiger partial charge in [-0.2, -0.15) is 33.7 Å². The standard InChI is InChI=1S/C20H23NO3S.C16H23NO4S.C15H19NO3S.C14H19NO3S.C13H16ClN/c1-4-14-21(3)19(15-18-8-6-5-7-9-18)16-24-25(22,23)20-12-10-17(2)11-13-20;1-5-10-17(3)14(2)13-15-6-8-16(9-7-15)20-11-12-21-22(4,18)19;1-3-10-16(11-12-19-20(2,17)18)15-9-8-13-6-4-5-7-14(13)15;1-4-10-15(2)14(12-18-19(3,16)17)11-13-8-6-5-7-9-13;1-3-9-15(2)13(11-14)10-12-7-5-4-6-8-12/h1,5-13,19H,14-16H2,2-3H3;1,6-9,14H,10-13H2,2-4H3;1,4-7,15H,8-12H2,2H3;1,5-9,14H,10-12H2,2-3H3;1,4-8,13H,9-11H2,2H3/t19-;;;14-;13-/m0..00/s1. The number of alkyl halides is 1. The van der Waals surface area contributed by atoms with E-state index in [2.05, 4.69) is 79.7 Å². The minimum absolute atomic E-state index is 0.00843. The maximum atomic E-state index is 12.4. The maximum absolute atomic E-state index is 12.4. The molecular formula is C78H100ClN5O13S4. The highest BCUT2D eigenvalue weighted by Crippen LogP contribution is 2.35. The Bertz CT molecular complexity index is 4050. The second-order valence-electron chi connectivity index (χ2n) is 24.2. The molecular weight excluding hydrogens is 1380 g/mol. The number of aryl methyl sites for hydroxylation is 2. The predicted molar refractivity (Wildman–Crippen MR) is 408 cm³/mol. The fraction of sp³-hybridized carbons (Fsp3) is 0.410. The lowest BCUT2D eigenvalue weighted by Gasteiger charge is -2.27. The Morgan fingerprint density at radius 2 is 0.871 bits per heavy atom. The molecule has 0 fully saturated rings. The quantitative estimate of drug-likeness (QED) is 0.0158. The number of halogens is 1. The van der Waals surface area contributed by atoms with Gasteiger partial charge >= 0.3 is 0 Å². The smallest absolute Gasteiger partial charge is 0.297 e. The van der Waals surface area contributed by atoms with Crippen molar-refractivity contribution in [1.29, 1.82) is 0 Å². The Balaban J connectivity index is 0.000000331. The van der Waals surface area contributed by atoms with Gasteiger partial charge in [0.15, 0.2) is 0 Å². The van der Waals surface area contributed by atoms with E-state index in [1.165, 1.54) is 22.3 Å². The molecule has 0 radical (unpaired) electrons. The van der Waals surface area contributed by atoms with E-state index in [4.69, 9.17) is 61.0 Å². The van der Waals surface area contributed by atoms with Gasteiger partial charge in [0.05, 0.1) is 76.2 Å². The van der Waals surface area contributed by atoms with Crippen LogP contribution in [0.25, 0.3) is 0 Å². The topological polar surface area (TPSA) is 199 Å². The van der Waals surface area contributed by atoms with E-state index in [9.17, 15) is 33.7 Å². The third-order valence-corrected chi connectivity index (χ3v) is 19.3. The fourth-order valence-electron chi connectivity index (χ4n) is 10.2. The summed E-state index contributed by atoms with van der Waals surface area (Å²) in [4.78, 5) is 10.3. The van der Waals surface area contributed by atoms with Crippen molar-refractivity contribution in [3.8, 4) is 67.5 Å². The molecule has 2 unspecified atom stereocenters. The summed E-state index contributed by atoms with van der Waals surface area (Å²) in [5, 5.41) is 0. The third-order valence-electron chi connectivity index (χ3n) is 15.9. The molecule has 0 aliphatic heterocycles. The van der Waals surface area contributed by atoms with Gasteiger partial charge in [-0.25, -0.2) is 0 Å². The van der Waals surface area contributed by atoms with E-state index in [0.717, 1.165) is 61.1 Å². The molecule has 0 heterocycles. The molecule has 101 heavy (non-hydrogen) atoms. The van der Waals surface area contributed by atoms with E-state index >= 15 is 0 Å². The van der Waals surface area contributed by atoms with Crippen LogP contribution in [0.3, 0.4) is 0 Å². The number of terminal acetylenes is 5. The van der Waals surface area contributed by atoms with Crippen LogP contribution in [0, 0.1) is 68.6 Å². The van der Waals surface area contributed by atoms with Crippen LogP contribution in [0.1, 0.15) is 58.3 Å². The normalized spacial score (nSPS) is 13.8. The van der Waals surface area contributed by atoms with Crippen LogP contribution in [-0.2, 0) is 89.3 Å². The Labute approximate surface area is 610 Å². The van der Waals surface area contributed by atoms with Gasteiger partial charge in [-0.15, -0.1) is 43.7 Å². The first-order valence-electron chi connectivity index (χ1n) is 32.6. The first-order valence-corrected chi connectivity index (χ1v) is 40.0.